The average molecular weight is 465 g/mol. The lowest BCUT2D eigenvalue weighted by Gasteiger charge is -2.21. The predicted octanol–water partition coefficient (Wildman–Crippen LogP) is 4.45. The van der Waals surface area contributed by atoms with Crippen LogP contribution in [0.2, 0.25) is 0 Å². The molecule has 180 valence electrons. The lowest BCUT2D eigenvalue weighted by atomic mass is 9.98. The molecule has 0 saturated heterocycles. The number of carbonyl (C=O) groups excluding carboxylic acids is 2. The van der Waals surface area contributed by atoms with Crippen LogP contribution in [0.15, 0.2) is 48.5 Å². The molecule has 34 heavy (non-hydrogen) atoms. The highest BCUT2D eigenvalue weighted by Gasteiger charge is 2.31. The molecule has 0 aromatic heterocycles. The standard InChI is InChI=1S/C27H32N2O5/c1-2-7-18(15-25(30)29-24(26(31)32)14-17-12-13-17)28-27(33)34-16-23-21-10-5-3-8-19(21)20-9-4-6-11-22(20)23/h3-6,8-11,17-18,23-24H,2,7,12-16H2,1H3,(H,28,33)(H,29,30)(H,31,32)/t18-,24+/m1/s1. The van der Waals surface area contributed by atoms with Crippen molar-refractivity contribution in [3.8, 4) is 11.1 Å². The Labute approximate surface area is 199 Å². The monoisotopic (exact) mass is 464 g/mol. The van der Waals surface area contributed by atoms with Gasteiger partial charge in [0, 0.05) is 18.4 Å². The fourth-order valence-electron chi connectivity index (χ4n) is 4.77. The third kappa shape index (κ3) is 5.76. The van der Waals surface area contributed by atoms with Gasteiger partial charge in [-0.3, -0.25) is 4.79 Å². The summed E-state index contributed by atoms with van der Waals surface area (Å²) in [5.41, 5.74) is 4.59. The molecule has 0 spiro atoms. The number of aliphatic carboxylic acids is 1. The lowest BCUT2D eigenvalue weighted by Crippen LogP contribution is -2.45. The predicted molar refractivity (Wildman–Crippen MR) is 128 cm³/mol. The third-order valence-corrected chi connectivity index (χ3v) is 6.63. The van der Waals surface area contributed by atoms with E-state index in [1.807, 2.05) is 31.2 Å². The number of nitrogens with one attached hydrogen (secondary N) is 2. The van der Waals surface area contributed by atoms with Crippen LogP contribution in [0.1, 0.15) is 62.5 Å². The second kappa shape index (κ2) is 10.7. The molecule has 4 rings (SSSR count). The Morgan fingerprint density at radius 3 is 2.18 bits per heavy atom. The zero-order chi connectivity index (χ0) is 24.1. The van der Waals surface area contributed by atoms with Gasteiger partial charge in [-0.15, -0.1) is 0 Å². The molecule has 2 aliphatic carbocycles. The molecule has 0 unspecified atom stereocenters. The molecule has 0 heterocycles. The Hall–Kier alpha value is -3.35. The number of hydrogen-bond acceptors (Lipinski definition) is 4. The normalized spacial score (nSPS) is 16.1. The number of alkyl carbamates (subject to hydrolysis) is 1. The van der Waals surface area contributed by atoms with Crippen LogP contribution in [0.4, 0.5) is 4.79 Å². The van der Waals surface area contributed by atoms with Crippen molar-refractivity contribution in [1.29, 1.82) is 0 Å². The van der Waals surface area contributed by atoms with Gasteiger partial charge in [-0.25, -0.2) is 9.59 Å². The summed E-state index contributed by atoms with van der Waals surface area (Å²) in [4.78, 5) is 36.6. The summed E-state index contributed by atoms with van der Waals surface area (Å²) in [7, 11) is 0. The molecule has 3 N–H and O–H groups in total. The summed E-state index contributed by atoms with van der Waals surface area (Å²) in [5, 5.41) is 14.8. The topological polar surface area (TPSA) is 105 Å². The minimum Gasteiger partial charge on any atom is -0.480 e. The molecule has 2 aliphatic rings. The van der Waals surface area contributed by atoms with Crippen LogP contribution in [0.3, 0.4) is 0 Å². The molecule has 2 aromatic carbocycles. The molecule has 2 atom stereocenters. The highest BCUT2D eigenvalue weighted by atomic mass is 16.5. The van der Waals surface area contributed by atoms with E-state index in [0.717, 1.165) is 41.5 Å². The summed E-state index contributed by atoms with van der Waals surface area (Å²) in [6.45, 7) is 2.17. The Morgan fingerprint density at radius 1 is 1.00 bits per heavy atom. The molecule has 0 aliphatic heterocycles. The van der Waals surface area contributed by atoms with E-state index in [-0.39, 0.29) is 24.9 Å². The maximum atomic E-state index is 12.6. The van der Waals surface area contributed by atoms with Crippen molar-refractivity contribution in [2.45, 2.75) is 63.5 Å². The maximum Gasteiger partial charge on any atom is 0.407 e. The Morgan fingerprint density at radius 2 is 1.62 bits per heavy atom. The number of carboxylic acids is 1. The first-order valence-corrected chi connectivity index (χ1v) is 12.1. The first-order chi connectivity index (χ1) is 16.5. The Balaban J connectivity index is 1.32. The molecule has 2 aromatic rings. The lowest BCUT2D eigenvalue weighted by molar-refractivity contribution is -0.142. The van der Waals surface area contributed by atoms with Crippen molar-refractivity contribution >= 4 is 18.0 Å². The fraction of sp³-hybridized carbons (Fsp3) is 0.444. The molecule has 0 radical (unpaired) electrons. The first kappa shape index (κ1) is 23.8. The number of carbonyl (C=O) groups is 3. The molecule has 0 bridgehead atoms. The van der Waals surface area contributed by atoms with Crippen LogP contribution in [0.25, 0.3) is 11.1 Å². The van der Waals surface area contributed by atoms with Gasteiger partial charge in [-0.1, -0.05) is 74.7 Å². The largest absolute Gasteiger partial charge is 0.480 e. The molecule has 2 amide bonds. The second-order valence-electron chi connectivity index (χ2n) is 9.30. The maximum absolute atomic E-state index is 12.6. The van der Waals surface area contributed by atoms with Crippen molar-refractivity contribution in [3.63, 3.8) is 0 Å². The SMILES string of the molecule is CCC[C@H](CC(=O)N[C@@H](CC1CC1)C(=O)O)NC(=O)OCC1c2ccccc2-c2ccccc21. The summed E-state index contributed by atoms with van der Waals surface area (Å²) >= 11 is 0. The van der Waals surface area contributed by atoms with Crippen LogP contribution in [-0.4, -0.2) is 41.8 Å². The summed E-state index contributed by atoms with van der Waals surface area (Å²) in [6.07, 6.45) is 3.31. The Kier molecular flexibility index (Phi) is 7.50. The fourth-order valence-corrected chi connectivity index (χ4v) is 4.77. The van der Waals surface area contributed by atoms with Gasteiger partial charge >= 0.3 is 12.1 Å². The van der Waals surface area contributed by atoms with Crippen LogP contribution in [0.5, 0.6) is 0 Å². The zero-order valence-electron chi connectivity index (χ0n) is 19.5. The average Bonchev–Trinajstić information content (AvgIpc) is 3.58. The minimum absolute atomic E-state index is 0.0203. The van der Waals surface area contributed by atoms with E-state index in [2.05, 4.69) is 34.9 Å². The molecule has 7 nitrogen and oxygen atoms in total. The van der Waals surface area contributed by atoms with Crippen molar-refractivity contribution in [1.82, 2.24) is 10.6 Å². The molecular formula is C27H32N2O5. The van der Waals surface area contributed by atoms with Gasteiger partial charge in [-0.05, 0) is 41.0 Å². The number of amides is 2. The molecule has 1 saturated carbocycles. The van der Waals surface area contributed by atoms with Crippen LogP contribution in [-0.2, 0) is 14.3 Å². The van der Waals surface area contributed by atoms with Crippen molar-refractivity contribution in [3.05, 3.63) is 59.7 Å². The van der Waals surface area contributed by atoms with Gasteiger partial charge in [-0.2, -0.15) is 0 Å². The number of benzene rings is 2. The van der Waals surface area contributed by atoms with Crippen LogP contribution in [0, 0.1) is 5.92 Å². The minimum atomic E-state index is -1.02. The van der Waals surface area contributed by atoms with Gasteiger partial charge in [0.25, 0.3) is 0 Å². The highest BCUT2D eigenvalue weighted by Crippen LogP contribution is 2.44. The first-order valence-electron chi connectivity index (χ1n) is 12.1. The number of fused-ring (bicyclic) bond motifs is 3. The van der Waals surface area contributed by atoms with E-state index >= 15 is 0 Å². The van der Waals surface area contributed by atoms with E-state index in [4.69, 9.17) is 4.74 Å². The van der Waals surface area contributed by atoms with Crippen LogP contribution < -0.4 is 10.6 Å². The van der Waals surface area contributed by atoms with Crippen molar-refractivity contribution in [2.75, 3.05) is 6.61 Å². The van der Waals surface area contributed by atoms with Gasteiger partial charge in [0.1, 0.15) is 12.6 Å². The number of hydrogen-bond donors (Lipinski definition) is 3. The molecule has 7 heteroatoms. The van der Waals surface area contributed by atoms with Crippen LogP contribution >= 0.6 is 0 Å². The van der Waals surface area contributed by atoms with Gasteiger partial charge in [0.05, 0.1) is 0 Å². The summed E-state index contributed by atoms with van der Waals surface area (Å²) < 4.78 is 5.60. The van der Waals surface area contributed by atoms with Gasteiger partial charge < -0.3 is 20.5 Å². The summed E-state index contributed by atoms with van der Waals surface area (Å²) in [5.74, 6) is -1.04. The second-order valence-corrected chi connectivity index (χ2v) is 9.30. The summed E-state index contributed by atoms with van der Waals surface area (Å²) in [6, 6.07) is 15.0. The quantitative estimate of drug-likeness (QED) is 0.456. The third-order valence-electron chi connectivity index (χ3n) is 6.63. The molecule has 1 fully saturated rings. The van der Waals surface area contributed by atoms with E-state index in [0.29, 0.717) is 18.8 Å². The smallest absolute Gasteiger partial charge is 0.407 e. The number of carboxylic acid groups (broad SMARTS) is 1. The van der Waals surface area contributed by atoms with E-state index in [1.165, 1.54) is 0 Å². The Bertz CT molecular complexity index is 1000. The molecular weight excluding hydrogens is 432 g/mol. The van der Waals surface area contributed by atoms with Crippen molar-refractivity contribution < 1.29 is 24.2 Å². The van der Waals surface area contributed by atoms with Gasteiger partial charge in [0.2, 0.25) is 5.91 Å². The van der Waals surface area contributed by atoms with E-state index < -0.39 is 24.1 Å². The van der Waals surface area contributed by atoms with Gasteiger partial charge in [0.15, 0.2) is 0 Å². The highest BCUT2D eigenvalue weighted by molar-refractivity contribution is 5.84. The van der Waals surface area contributed by atoms with E-state index in [9.17, 15) is 19.5 Å². The van der Waals surface area contributed by atoms with E-state index in [1.54, 1.807) is 0 Å². The number of rotatable bonds is 11. The number of ether oxygens (including phenoxy) is 1. The van der Waals surface area contributed by atoms with Crippen molar-refractivity contribution in [2.24, 2.45) is 5.92 Å². The zero-order valence-corrected chi connectivity index (χ0v) is 19.5.